The normalized spacial score (nSPS) is 24.2. The molecule has 1 aromatic rings. The molecule has 2 fully saturated rings. The summed E-state index contributed by atoms with van der Waals surface area (Å²) in [5.41, 5.74) is 2.33. The summed E-state index contributed by atoms with van der Waals surface area (Å²) in [6.45, 7) is 4.63. The molecule has 3 rings (SSSR count). The number of nitrogens with zero attached hydrogens (tertiary/aromatic N) is 2. The van der Waals surface area contributed by atoms with Gasteiger partial charge in [-0.05, 0) is 38.2 Å². The van der Waals surface area contributed by atoms with Crippen LogP contribution < -0.4 is 5.32 Å². The summed E-state index contributed by atoms with van der Waals surface area (Å²) in [5, 5.41) is 3.52. The monoisotopic (exact) mass is 247 g/mol. The first-order chi connectivity index (χ1) is 8.83. The third-order valence-electron chi connectivity index (χ3n) is 3.76. The van der Waals surface area contributed by atoms with Crippen molar-refractivity contribution in [3.05, 3.63) is 23.3 Å². The molecule has 4 heteroatoms. The molecule has 0 radical (unpaired) electrons. The van der Waals surface area contributed by atoms with Crippen molar-refractivity contribution in [2.45, 2.75) is 51.1 Å². The fourth-order valence-corrected chi connectivity index (χ4v) is 2.34. The zero-order valence-corrected chi connectivity index (χ0v) is 11.0. The molecule has 2 heterocycles. The van der Waals surface area contributed by atoms with E-state index in [1.807, 2.05) is 6.20 Å². The van der Waals surface area contributed by atoms with Crippen molar-refractivity contribution in [1.29, 1.82) is 0 Å². The summed E-state index contributed by atoms with van der Waals surface area (Å²) < 4.78 is 5.52. The number of nitrogens with one attached hydrogen (secondary N) is 1. The quantitative estimate of drug-likeness (QED) is 0.883. The summed E-state index contributed by atoms with van der Waals surface area (Å²) in [7, 11) is 0. The van der Waals surface area contributed by atoms with Gasteiger partial charge in [-0.1, -0.05) is 0 Å². The van der Waals surface area contributed by atoms with E-state index in [0.717, 1.165) is 50.2 Å². The minimum atomic E-state index is 0.388. The Morgan fingerprint density at radius 2 is 2.28 bits per heavy atom. The lowest BCUT2D eigenvalue weighted by molar-refractivity contribution is 0.0779. The van der Waals surface area contributed by atoms with Crippen molar-refractivity contribution in [2.24, 2.45) is 0 Å². The van der Waals surface area contributed by atoms with Crippen LogP contribution in [0.5, 0.6) is 0 Å². The first kappa shape index (κ1) is 12.1. The van der Waals surface area contributed by atoms with Crippen LogP contribution in [0.1, 0.15) is 48.7 Å². The Hall–Kier alpha value is -1.00. The highest BCUT2D eigenvalue weighted by atomic mass is 16.5. The van der Waals surface area contributed by atoms with Crippen LogP contribution in [0.25, 0.3) is 0 Å². The molecule has 1 aromatic heterocycles. The molecule has 0 aromatic carbocycles. The van der Waals surface area contributed by atoms with Crippen LogP contribution in [0.3, 0.4) is 0 Å². The van der Waals surface area contributed by atoms with E-state index in [1.165, 1.54) is 18.4 Å². The van der Waals surface area contributed by atoms with E-state index in [9.17, 15) is 0 Å². The Morgan fingerprint density at radius 3 is 3.00 bits per heavy atom. The maximum absolute atomic E-state index is 5.52. The van der Waals surface area contributed by atoms with Gasteiger partial charge in [0.15, 0.2) is 0 Å². The van der Waals surface area contributed by atoms with E-state index in [2.05, 4.69) is 17.2 Å². The van der Waals surface area contributed by atoms with Gasteiger partial charge in [-0.15, -0.1) is 0 Å². The number of hydrogen-bond donors (Lipinski definition) is 1. The van der Waals surface area contributed by atoms with E-state index < -0.39 is 0 Å². The number of rotatable bonds is 4. The summed E-state index contributed by atoms with van der Waals surface area (Å²) in [4.78, 5) is 9.23. The van der Waals surface area contributed by atoms with Gasteiger partial charge in [-0.3, -0.25) is 0 Å². The molecular weight excluding hydrogens is 226 g/mol. The van der Waals surface area contributed by atoms with Crippen LogP contribution in [0.15, 0.2) is 6.20 Å². The lowest BCUT2D eigenvalue weighted by atomic mass is 10.0. The minimum Gasteiger partial charge on any atom is -0.381 e. The molecule has 18 heavy (non-hydrogen) atoms. The van der Waals surface area contributed by atoms with Crippen LogP contribution in [0.4, 0.5) is 0 Å². The average Bonchev–Trinajstić information content (AvgIpc) is 3.23. The van der Waals surface area contributed by atoms with Crippen LogP contribution >= 0.6 is 0 Å². The number of aryl methyl sites for hydroxylation is 1. The Morgan fingerprint density at radius 1 is 1.39 bits per heavy atom. The third-order valence-corrected chi connectivity index (χ3v) is 3.76. The van der Waals surface area contributed by atoms with Gasteiger partial charge in [0.2, 0.25) is 0 Å². The van der Waals surface area contributed by atoms with Crippen molar-refractivity contribution < 1.29 is 4.74 Å². The molecule has 1 N–H and O–H groups in total. The summed E-state index contributed by atoms with van der Waals surface area (Å²) in [5.74, 6) is 1.35. The topological polar surface area (TPSA) is 47.0 Å². The van der Waals surface area contributed by atoms with Crippen LogP contribution in [-0.4, -0.2) is 29.2 Å². The van der Waals surface area contributed by atoms with Crippen molar-refractivity contribution in [3.8, 4) is 0 Å². The number of aromatic nitrogens is 2. The highest BCUT2D eigenvalue weighted by molar-refractivity contribution is 5.17. The number of hydrogen-bond acceptors (Lipinski definition) is 4. The molecule has 0 amide bonds. The molecule has 1 unspecified atom stereocenters. The smallest absolute Gasteiger partial charge is 0.133 e. The molecule has 0 bridgehead atoms. The predicted molar refractivity (Wildman–Crippen MR) is 69.4 cm³/mol. The van der Waals surface area contributed by atoms with E-state index in [-0.39, 0.29) is 0 Å². The van der Waals surface area contributed by atoms with E-state index in [4.69, 9.17) is 9.72 Å². The summed E-state index contributed by atoms with van der Waals surface area (Å²) in [6, 6.07) is 0.723. The van der Waals surface area contributed by atoms with Gasteiger partial charge in [-0.25, -0.2) is 9.97 Å². The molecule has 1 atom stereocenters. The molecule has 4 nitrogen and oxygen atoms in total. The van der Waals surface area contributed by atoms with Crippen molar-refractivity contribution in [2.75, 3.05) is 13.2 Å². The van der Waals surface area contributed by atoms with E-state index >= 15 is 0 Å². The Balaban J connectivity index is 1.71. The molecular formula is C14H21N3O. The Kier molecular flexibility index (Phi) is 3.57. The van der Waals surface area contributed by atoms with Gasteiger partial charge in [0.1, 0.15) is 5.82 Å². The zero-order chi connectivity index (χ0) is 12.4. The number of ether oxygens (including phenoxy) is 1. The predicted octanol–water partition coefficient (Wildman–Crippen LogP) is 1.93. The molecule has 1 aliphatic carbocycles. The SMILES string of the molecule is Cc1cnc(C2CCCOC2)nc1CNC1CC1. The van der Waals surface area contributed by atoms with E-state index in [0.29, 0.717) is 5.92 Å². The van der Waals surface area contributed by atoms with Gasteiger partial charge in [0, 0.05) is 31.3 Å². The first-order valence-corrected chi connectivity index (χ1v) is 6.96. The second kappa shape index (κ2) is 5.33. The summed E-state index contributed by atoms with van der Waals surface area (Å²) >= 11 is 0. The molecule has 0 spiro atoms. The zero-order valence-electron chi connectivity index (χ0n) is 11.0. The standard InChI is InChI=1S/C14H21N3O/c1-10-7-16-14(11-3-2-6-18-9-11)17-13(10)8-15-12-4-5-12/h7,11-12,15H,2-6,8-9H2,1H3. The summed E-state index contributed by atoms with van der Waals surface area (Å²) in [6.07, 6.45) is 6.86. The van der Waals surface area contributed by atoms with Crippen LogP contribution in [0, 0.1) is 6.92 Å². The maximum Gasteiger partial charge on any atom is 0.133 e. The van der Waals surface area contributed by atoms with Crippen molar-refractivity contribution >= 4 is 0 Å². The van der Waals surface area contributed by atoms with Gasteiger partial charge < -0.3 is 10.1 Å². The second-order valence-electron chi connectivity index (χ2n) is 5.43. The first-order valence-electron chi connectivity index (χ1n) is 6.96. The maximum atomic E-state index is 5.52. The molecule has 2 aliphatic rings. The lowest BCUT2D eigenvalue weighted by Crippen LogP contribution is -2.21. The fourth-order valence-electron chi connectivity index (χ4n) is 2.34. The van der Waals surface area contributed by atoms with Gasteiger partial charge in [0.25, 0.3) is 0 Å². The highest BCUT2D eigenvalue weighted by Gasteiger charge is 2.22. The van der Waals surface area contributed by atoms with E-state index in [1.54, 1.807) is 0 Å². The largest absolute Gasteiger partial charge is 0.381 e. The molecule has 1 aliphatic heterocycles. The molecule has 1 saturated heterocycles. The second-order valence-corrected chi connectivity index (χ2v) is 5.43. The Labute approximate surface area is 108 Å². The average molecular weight is 247 g/mol. The van der Waals surface area contributed by atoms with Crippen molar-refractivity contribution in [1.82, 2.24) is 15.3 Å². The third kappa shape index (κ3) is 2.87. The Bertz CT molecular complexity index is 412. The minimum absolute atomic E-state index is 0.388. The van der Waals surface area contributed by atoms with Gasteiger partial charge in [0.05, 0.1) is 12.3 Å². The van der Waals surface area contributed by atoms with Crippen LogP contribution in [0.2, 0.25) is 0 Å². The molecule has 1 saturated carbocycles. The lowest BCUT2D eigenvalue weighted by Gasteiger charge is -2.21. The fraction of sp³-hybridized carbons (Fsp3) is 0.714. The molecule has 98 valence electrons. The van der Waals surface area contributed by atoms with Gasteiger partial charge in [-0.2, -0.15) is 0 Å². The van der Waals surface area contributed by atoms with Crippen molar-refractivity contribution in [3.63, 3.8) is 0 Å². The van der Waals surface area contributed by atoms with Crippen LogP contribution in [-0.2, 0) is 11.3 Å². The van der Waals surface area contributed by atoms with Gasteiger partial charge >= 0.3 is 0 Å². The highest BCUT2D eigenvalue weighted by Crippen LogP contribution is 2.23.